The lowest BCUT2D eigenvalue weighted by molar-refractivity contribution is 0.0518. The molecule has 2 aromatic carbocycles. The van der Waals surface area contributed by atoms with Gasteiger partial charge in [0.05, 0.1) is 11.5 Å². The summed E-state index contributed by atoms with van der Waals surface area (Å²) < 4.78 is 59.7. The molecule has 0 spiro atoms. The van der Waals surface area contributed by atoms with Crippen molar-refractivity contribution in [1.29, 1.82) is 0 Å². The molecule has 0 aliphatic carbocycles. The number of ether oxygens (including phenoxy) is 1. The van der Waals surface area contributed by atoms with E-state index < -0.39 is 27.6 Å². The SMILES string of the molecule is CCOC(=O)c1cc(C(=Nc2cccc(F)c2F)NN)cn1S(=O)(=O)c1ccc(C)cc1. The molecule has 0 amide bonds. The number of nitrogens with one attached hydrogen (secondary N) is 1. The van der Waals surface area contributed by atoms with E-state index >= 15 is 0 Å². The first-order valence-corrected chi connectivity index (χ1v) is 10.8. The van der Waals surface area contributed by atoms with Gasteiger partial charge >= 0.3 is 5.97 Å². The molecule has 8 nitrogen and oxygen atoms in total. The van der Waals surface area contributed by atoms with E-state index in [2.05, 4.69) is 10.4 Å². The molecule has 3 N–H and O–H groups in total. The number of halogens is 2. The van der Waals surface area contributed by atoms with Crippen LogP contribution in [0.3, 0.4) is 0 Å². The second-order valence-corrected chi connectivity index (χ2v) is 8.44. The van der Waals surface area contributed by atoms with Crippen LogP contribution in [0.1, 0.15) is 28.5 Å². The summed E-state index contributed by atoms with van der Waals surface area (Å²) >= 11 is 0. The van der Waals surface area contributed by atoms with Gasteiger partial charge < -0.3 is 10.2 Å². The van der Waals surface area contributed by atoms with Crippen LogP contribution in [0.5, 0.6) is 0 Å². The summed E-state index contributed by atoms with van der Waals surface area (Å²) in [6.45, 7) is 3.38. The number of nitrogens with two attached hydrogens (primary N) is 1. The molecule has 0 fully saturated rings. The third-order valence-electron chi connectivity index (χ3n) is 4.42. The number of esters is 1. The summed E-state index contributed by atoms with van der Waals surface area (Å²) in [6.07, 6.45) is 1.09. The van der Waals surface area contributed by atoms with E-state index in [0.29, 0.717) is 0 Å². The minimum Gasteiger partial charge on any atom is -0.461 e. The number of amidine groups is 1. The van der Waals surface area contributed by atoms with Gasteiger partial charge in [-0.15, -0.1) is 0 Å². The molecule has 1 aromatic heterocycles. The Kier molecular flexibility index (Phi) is 6.70. The zero-order valence-corrected chi connectivity index (χ0v) is 18.0. The topological polar surface area (TPSA) is 116 Å². The fourth-order valence-electron chi connectivity index (χ4n) is 2.83. The highest BCUT2D eigenvalue weighted by molar-refractivity contribution is 7.90. The normalized spacial score (nSPS) is 12.0. The molecule has 0 bridgehead atoms. The van der Waals surface area contributed by atoms with Gasteiger partial charge in [-0.25, -0.2) is 36.8 Å². The number of hydrazine groups is 1. The van der Waals surface area contributed by atoms with Crippen molar-refractivity contribution in [2.75, 3.05) is 6.61 Å². The van der Waals surface area contributed by atoms with E-state index in [1.807, 2.05) is 0 Å². The number of aliphatic imine (C=N–C) groups is 1. The zero-order valence-electron chi connectivity index (χ0n) is 17.2. The largest absolute Gasteiger partial charge is 0.461 e. The molecule has 3 rings (SSSR count). The van der Waals surface area contributed by atoms with Gasteiger partial charge in [-0.2, -0.15) is 0 Å². The molecule has 32 heavy (non-hydrogen) atoms. The van der Waals surface area contributed by atoms with Crippen molar-refractivity contribution in [3.8, 4) is 0 Å². The average Bonchev–Trinajstić information content (AvgIpc) is 3.22. The van der Waals surface area contributed by atoms with Gasteiger partial charge in [0.2, 0.25) is 0 Å². The number of aromatic nitrogens is 1. The minimum atomic E-state index is -4.20. The zero-order chi connectivity index (χ0) is 23.5. The van der Waals surface area contributed by atoms with Gasteiger partial charge in [-0.1, -0.05) is 23.8 Å². The first-order valence-electron chi connectivity index (χ1n) is 9.40. The third-order valence-corrected chi connectivity index (χ3v) is 6.11. The molecule has 0 unspecified atom stereocenters. The third kappa shape index (κ3) is 4.53. The lowest BCUT2D eigenvalue weighted by Crippen LogP contribution is -2.30. The molecule has 0 radical (unpaired) electrons. The highest BCUT2D eigenvalue weighted by Gasteiger charge is 2.26. The van der Waals surface area contributed by atoms with Gasteiger partial charge in [0, 0.05) is 11.8 Å². The Bertz CT molecular complexity index is 1290. The van der Waals surface area contributed by atoms with Crippen molar-refractivity contribution in [3.63, 3.8) is 0 Å². The molecule has 168 valence electrons. The number of rotatable bonds is 6. The molecule has 1 heterocycles. The fraction of sp³-hybridized carbons (Fsp3) is 0.143. The summed E-state index contributed by atoms with van der Waals surface area (Å²) in [5, 5.41) is 0. The Labute approximate surface area is 183 Å². The van der Waals surface area contributed by atoms with Crippen LogP contribution in [0, 0.1) is 18.6 Å². The van der Waals surface area contributed by atoms with Crippen molar-refractivity contribution in [2.24, 2.45) is 10.8 Å². The number of benzene rings is 2. The molecular weight excluding hydrogens is 442 g/mol. The number of carbonyl (C=O) groups excluding carboxylic acids is 1. The van der Waals surface area contributed by atoms with Gasteiger partial charge in [0.25, 0.3) is 10.0 Å². The second kappa shape index (κ2) is 9.28. The van der Waals surface area contributed by atoms with Crippen molar-refractivity contribution in [2.45, 2.75) is 18.7 Å². The summed E-state index contributed by atoms with van der Waals surface area (Å²) in [7, 11) is -4.20. The number of aryl methyl sites for hydroxylation is 1. The number of nitrogens with zero attached hydrogens (tertiary/aromatic N) is 2. The van der Waals surface area contributed by atoms with Crippen molar-refractivity contribution < 1.29 is 26.7 Å². The fourth-order valence-corrected chi connectivity index (χ4v) is 4.18. The van der Waals surface area contributed by atoms with E-state index in [1.165, 1.54) is 30.3 Å². The predicted molar refractivity (Wildman–Crippen MR) is 114 cm³/mol. The van der Waals surface area contributed by atoms with Crippen LogP contribution in [-0.2, 0) is 14.8 Å². The summed E-state index contributed by atoms with van der Waals surface area (Å²) in [5.41, 5.74) is 2.42. The molecule has 3 aromatic rings. The Morgan fingerprint density at radius 1 is 1.19 bits per heavy atom. The molecule has 0 atom stereocenters. The molecule has 0 saturated carbocycles. The molecule has 0 aliphatic rings. The van der Waals surface area contributed by atoms with Crippen LogP contribution < -0.4 is 11.3 Å². The highest BCUT2D eigenvalue weighted by Crippen LogP contribution is 2.23. The van der Waals surface area contributed by atoms with Crippen molar-refractivity contribution in [1.82, 2.24) is 9.40 Å². The number of hydrogen-bond donors (Lipinski definition) is 2. The minimum absolute atomic E-state index is 0.00845. The number of carbonyl (C=O) groups is 1. The number of hydrogen-bond acceptors (Lipinski definition) is 6. The smallest absolute Gasteiger partial charge is 0.356 e. The van der Waals surface area contributed by atoms with E-state index in [1.54, 1.807) is 26.0 Å². The van der Waals surface area contributed by atoms with Gasteiger partial charge in [0.15, 0.2) is 11.6 Å². The van der Waals surface area contributed by atoms with Gasteiger partial charge in [-0.3, -0.25) is 0 Å². The molecule has 0 aliphatic heterocycles. The van der Waals surface area contributed by atoms with Crippen LogP contribution in [0.2, 0.25) is 0 Å². The monoisotopic (exact) mass is 462 g/mol. The van der Waals surface area contributed by atoms with Gasteiger partial charge in [0.1, 0.15) is 17.2 Å². The Hall–Kier alpha value is -3.57. The Balaban J connectivity index is 2.18. The predicted octanol–water partition coefficient (Wildman–Crippen LogP) is 3.03. The average molecular weight is 462 g/mol. The first-order chi connectivity index (χ1) is 15.2. The molecule has 0 saturated heterocycles. The maximum atomic E-state index is 14.0. The first kappa shape index (κ1) is 23.1. The summed E-state index contributed by atoms with van der Waals surface area (Å²) in [5.74, 6) is 2.08. The van der Waals surface area contributed by atoms with E-state index in [-0.39, 0.29) is 34.3 Å². The van der Waals surface area contributed by atoms with Crippen LogP contribution in [-0.4, -0.2) is 30.8 Å². The molecular formula is C21H20F2N4O4S. The van der Waals surface area contributed by atoms with Crippen molar-refractivity contribution in [3.05, 3.63) is 83.2 Å². The molecule has 11 heteroatoms. The van der Waals surface area contributed by atoms with Crippen LogP contribution in [0.4, 0.5) is 14.5 Å². The van der Waals surface area contributed by atoms with Crippen LogP contribution >= 0.6 is 0 Å². The second-order valence-electron chi connectivity index (χ2n) is 6.63. The standard InChI is InChI=1S/C21H20F2N4O4S/c1-3-31-21(28)18-11-14(20(26-24)25-17-6-4-5-16(22)19(17)23)12-27(18)32(29,30)15-9-7-13(2)8-10-15/h4-12H,3,24H2,1-2H3,(H,25,26). The summed E-state index contributed by atoms with van der Waals surface area (Å²) in [4.78, 5) is 16.3. The van der Waals surface area contributed by atoms with Gasteiger partial charge in [-0.05, 0) is 44.2 Å². The summed E-state index contributed by atoms with van der Waals surface area (Å²) in [6, 6.07) is 10.6. The van der Waals surface area contributed by atoms with Crippen LogP contribution in [0.25, 0.3) is 0 Å². The lowest BCUT2D eigenvalue weighted by atomic mass is 10.2. The quantitative estimate of drug-likeness (QED) is 0.191. The Morgan fingerprint density at radius 2 is 1.88 bits per heavy atom. The van der Waals surface area contributed by atoms with E-state index in [0.717, 1.165) is 21.8 Å². The Morgan fingerprint density at radius 3 is 2.50 bits per heavy atom. The maximum Gasteiger partial charge on any atom is 0.356 e. The van der Waals surface area contributed by atoms with E-state index in [9.17, 15) is 22.0 Å². The van der Waals surface area contributed by atoms with Crippen molar-refractivity contribution >= 4 is 27.5 Å². The van der Waals surface area contributed by atoms with E-state index in [4.69, 9.17) is 10.6 Å². The maximum absolute atomic E-state index is 14.0. The van der Waals surface area contributed by atoms with Crippen LogP contribution in [0.15, 0.2) is 64.6 Å². The highest BCUT2D eigenvalue weighted by atomic mass is 32.2. The lowest BCUT2D eigenvalue weighted by Gasteiger charge is -2.10.